The number of hydrogen-bond donors (Lipinski definition) is 1. The van der Waals surface area contributed by atoms with E-state index < -0.39 is 11.9 Å². The van der Waals surface area contributed by atoms with Crippen LogP contribution >= 0.6 is 35.7 Å². The predicted octanol–water partition coefficient (Wildman–Crippen LogP) is 5.51. The van der Waals surface area contributed by atoms with Gasteiger partial charge in [-0.2, -0.15) is 0 Å². The Labute approximate surface area is 188 Å². The molecular formula is C22H21NO4S3. The van der Waals surface area contributed by atoms with E-state index in [1.54, 1.807) is 22.7 Å². The summed E-state index contributed by atoms with van der Waals surface area (Å²) >= 11 is 8.38. The van der Waals surface area contributed by atoms with Crippen molar-refractivity contribution >= 4 is 58.0 Å². The lowest BCUT2D eigenvalue weighted by molar-refractivity contribution is -0.144. The molecule has 0 bridgehead atoms. The van der Waals surface area contributed by atoms with Gasteiger partial charge in [-0.3, -0.25) is 14.5 Å². The number of rotatable bonds is 5. The lowest BCUT2D eigenvalue weighted by Crippen LogP contribution is -2.42. The number of carbonyl (C=O) groups excluding carboxylic acids is 1. The van der Waals surface area contributed by atoms with E-state index in [1.807, 2.05) is 42.7 Å². The van der Waals surface area contributed by atoms with Crippen molar-refractivity contribution in [3.05, 3.63) is 47.1 Å². The molecule has 2 aliphatic rings. The van der Waals surface area contributed by atoms with Gasteiger partial charge in [0.2, 0.25) is 0 Å². The summed E-state index contributed by atoms with van der Waals surface area (Å²) in [6, 6.07) is 11.7. The van der Waals surface area contributed by atoms with Gasteiger partial charge in [0.1, 0.15) is 15.8 Å². The van der Waals surface area contributed by atoms with Crippen molar-refractivity contribution in [2.75, 3.05) is 6.26 Å². The minimum absolute atomic E-state index is 0.152. The molecule has 1 saturated heterocycles. The third kappa shape index (κ3) is 4.36. The summed E-state index contributed by atoms with van der Waals surface area (Å²) in [5, 5.41) is 9.34. The lowest BCUT2D eigenvalue weighted by Gasteiger charge is -2.32. The summed E-state index contributed by atoms with van der Waals surface area (Å²) in [5.41, 5.74) is 0.974. The van der Waals surface area contributed by atoms with Crippen molar-refractivity contribution < 1.29 is 19.1 Å². The van der Waals surface area contributed by atoms with Crippen LogP contribution in [0.15, 0.2) is 50.6 Å². The normalized spacial score (nSPS) is 23.4. The van der Waals surface area contributed by atoms with Crippen LogP contribution in [0.1, 0.15) is 31.4 Å². The Hall–Kier alpha value is -2.03. The highest BCUT2D eigenvalue weighted by Gasteiger charge is 2.40. The summed E-state index contributed by atoms with van der Waals surface area (Å²) in [6.45, 7) is 0. The molecule has 1 aliphatic carbocycles. The van der Waals surface area contributed by atoms with Crippen LogP contribution in [0, 0.1) is 5.92 Å². The van der Waals surface area contributed by atoms with E-state index in [9.17, 15) is 14.7 Å². The average molecular weight is 460 g/mol. The predicted molar refractivity (Wildman–Crippen MR) is 124 cm³/mol. The highest BCUT2D eigenvalue weighted by molar-refractivity contribution is 8.26. The minimum atomic E-state index is -0.797. The number of carboxylic acid groups (broad SMARTS) is 1. The van der Waals surface area contributed by atoms with E-state index in [4.69, 9.17) is 16.6 Å². The maximum atomic E-state index is 13.0. The topological polar surface area (TPSA) is 70.8 Å². The Kier molecular flexibility index (Phi) is 6.36. The van der Waals surface area contributed by atoms with Gasteiger partial charge in [0, 0.05) is 22.6 Å². The molecule has 1 amide bonds. The number of thiocarbonyl (C=S) groups is 1. The molecule has 0 spiro atoms. The fourth-order valence-corrected chi connectivity index (χ4v) is 5.68. The van der Waals surface area contributed by atoms with E-state index >= 15 is 0 Å². The molecule has 5 nitrogen and oxygen atoms in total. The minimum Gasteiger partial charge on any atom is -0.481 e. The molecule has 1 aliphatic heterocycles. The van der Waals surface area contributed by atoms with Crippen LogP contribution in [0.5, 0.6) is 0 Å². The molecule has 2 fully saturated rings. The number of amides is 1. The third-order valence-electron chi connectivity index (χ3n) is 5.46. The molecule has 4 rings (SSSR count). The van der Waals surface area contributed by atoms with E-state index in [2.05, 4.69) is 0 Å². The van der Waals surface area contributed by atoms with Crippen LogP contribution in [0.2, 0.25) is 0 Å². The van der Waals surface area contributed by atoms with E-state index in [-0.39, 0.29) is 11.9 Å². The second-order valence-electron chi connectivity index (χ2n) is 7.34. The molecule has 0 radical (unpaired) electrons. The third-order valence-corrected chi connectivity index (χ3v) is 7.53. The monoisotopic (exact) mass is 459 g/mol. The maximum absolute atomic E-state index is 13.0. The number of hydrogen-bond acceptors (Lipinski definition) is 6. The highest BCUT2D eigenvalue weighted by Crippen LogP contribution is 2.39. The first-order valence-corrected chi connectivity index (χ1v) is 12.2. The van der Waals surface area contributed by atoms with Crippen molar-refractivity contribution in [2.24, 2.45) is 5.92 Å². The number of carbonyl (C=O) groups is 2. The zero-order chi connectivity index (χ0) is 21.3. The molecule has 2 heterocycles. The SMILES string of the molecule is CSc1ccc(-c2ccc(/C=C3/SC(=S)N(C4CCCC(C(=O)O)C4)C3=O)o2)cc1. The molecule has 8 heteroatoms. The Bertz CT molecular complexity index is 1010. The van der Waals surface area contributed by atoms with Crippen LogP contribution in [-0.4, -0.2) is 38.5 Å². The van der Waals surface area contributed by atoms with E-state index in [1.165, 1.54) is 16.7 Å². The lowest BCUT2D eigenvalue weighted by atomic mass is 9.85. The van der Waals surface area contributed by atoms with Gasteiger partial charge >= 0.3 is 5.97 Å². The Balaban J connectivity index is 1.51. The molecule has 30 heavy (non-hydrogen) atoms. The van der Waals surface area contributed by atoms with Gasteiger partial charge in [-0.25, -0.2) is 0 Å². The highest BCUT2D eigenvalue weighted by atomic mass is 32.2. The Morgan fingerprint density at radius 2 is 2.03 bits per heavy atom. The van der Waals surface area contributed by atoms with Crippen LogP contribution in [0.3, 0.4) is 0 Å². The number of benzene rings is 1. The van der Waals surface area contributed by atoms with Crippen molar-refractivity contribution in [3.8, 4) is 11.3 Å². The van der Waals surface area contributed by atoms with Crippen LogP contribution in [0.4, 0.5) is 0 Å². The van der Waals surface area contributed by atoms with Crippen LogP contribution in [0.25, 0.3) is 17.4 Å². The van der Waals surface area contributed by atoms with Crippen molar-refractivity contribution in [1.29, 1.82) is 0 Å². The molecular weight excluding hydrogens is 438 g/mol. The molecule has 2 atom stereocenters. The van der Waals surface area contributed by atoms with Gasteiger partial charge in [0.15, 0.2) is 0 Å². The smallest absolute Gasteiger partial charge is 0.306 e. The number of carboxylic acids is 1. The zero-order valence-electron chi connectivity index (χ0n) is 16.4. The summed E-state index contributed by atoms with van der Waals surface area (Å²) in [5.74, 6) is -0.0485. The van der Waals surface area contributed by atoms with Gasteiger partial charge in [-0.1, -0.05) is 42.5 Å². The van der Waals surface area contributed by atoms with Crippen molar-refractivity contribution in [3.63, 3.8) is 0 Å². The first-order chi connectivity index (χ1) is 14.5. The molecule has 1 aromatic heterocycles. The number of thioether (sulfide) groups is 2. The van der Waals surface area contributed by atoms with Gasteiger partial charge in [0.25, 0.3) is 5.91 Å². The van der Waals surface area contributed by atoms with E-state index in [0.29, 0.717) is 27.8 Å². The van der Waals surface area contributed by atoms with Gasteiger partial charge < -0.3 is 9.52 Å². The second-order valence-corrected chi connectivity index (χ2v) is 9.89. The van der Waals surface area contributed by atoms with Crippen LogP contribution in [-0.2, 0) is 9.59 Å². The molecule has 1 aromatic carbocycles. The second kappa shape index (κ2) is 8.99. The maximum Gasteiger partial charge on any atom is 0.306 e. The zero-order valence-corrected chi connectivity index (χ0v) is 18.8. The number of aliphatic carboxylic acids is 1. The Morgan fingerprint density at radius 3 is 2.73 bits per heavy atom. The summed E-state index contributed by atoms with van der Waals surface area (Å²) in [6.07, 6.45) is 6.42. The first-order valence-electron chi connectivity index (χ1n) is 9.70. The molecule has 1 N–H and O–H groups in total. The van der Waals surface area contributed by atoms with Gasteiger partial charge in [-0.15, -0.1) is 11.8 Å². The van der Waals surface area contributed by atoms with Crippen molar-refractivity contribution in [2.45, 2.75) is 36.6 Å². The molecule has 2 unspecified atom stereocenters. The fraction of sp³-hybridized carbons (Fsp3) is 0.318. The average Bonchev–Trinajstić information content (AvgIpc) is 3.32. The molecule has 156 valence electrons. The van der Waals surface area contributed by atoms with Gasteiger partial charge in [-0.05, 0) is 49.8 Å². The largest absolute Gasteiger partial charge is 0.481 e. The van der Waals surface area contributed by atoms with Gasteiger partial charge in [0.05, 0.1) is 10.8 Å². The quantitative estimate of drug-likeness (QED) is 0.359. The first kappa shape index (κ1) is 21.2. The fourth-order valence-electron chi connectivity index (χ4n) is 3.89. The standard InChI is InChI=1S/C22H21NO4S3/c1-29-17-8-5-13(6-9-17)18-10-7-16(27-18)12-19-20(24)23(22(28)30-19)15-4-2-3-14(11-15)21(25)26/h5-10,12,14-15H,2-4,11H2,1H3,(H,25,26)/b19-12+. The Morgan fingerprint density at radius 1 is 1.27 bits per heavy atom. The van der Waals surface area contributed by atoms with E-state index in [0.717, 1.165) is 24.2 Å². The molecule has 2 aromatic rings. The summed E-state index contributed by atoms with van der Waals surface area (Å²) < 4.78 is 6.42. The van der Waals surface area contributed by atoms with Crippen molar-refractivity contribution in [1.82, 2.24) is 4.90 Å². The summed E-state index contributed by atoms with van der Waals surface area (Å²) in [4.78, 5) is 27.7. The number of nitrogens with zero attached hydrogens (tertiary/aromatic N) is 1. The number of furan rings is 1. The van der Waals surface area contributed by atoms with Crippen LogP contribution < -0.4 is 0 Å². The molecule has 1 saturated carbocycles. The summed E-state index contributed by atoms with van der Waals surface area (Å²) in [7, 11) is 0.